The van der Waals surface area contributed by atoms with E-state index in [4.69, 9.17) is 4.74 Å². The smallest absolute Gasteiger partial charge is 0.340 e. The number of hydrogen-bond donors (Lipinski definition) is 1. The number of rotatable bonds is 1. The van der Waals surface area contributed by atoms with E-state index in [1.165, 1.54) is 0 Å². The number of nitrogens with one attached hydrogen (secondary N) is 1. The second-order valence-corrected chi connectivity index (χ2v) is 5.60. The van der Waals surface area contributed by atoms with E-state index in [9.17, 15) is 4.79 Å². The number of carbonyl (C=O) groups excluding carboxylic acids is 1. The van der Waals surface area contributed by atoms with Crippen LogP contribution >= 0.6 is 15.9 Å². The minimum atomic E-state index is -0.500. The van der Waals surface area contributed by atoms with Gasteiger partial charge in [-0.3, -0.25) is 4.98 Å². The average Bonchev–Trinajstić information content (AvgIpc) is 2.60. The molecule has 0 bridgehead atoms. The summed E-state index contributed by atoms with van der Waals surface area (Å²) in [5.74, 6) is -0.344. The highest BCUT2D eigenvalue weighted by molar-refractivity contribution is 9.10. The minimum Gasteiger partial charge on any atom is -0.456 e. The molecule has 1 N–H and O–H groups in total. The van der Waals surface area contributed by atoms with Crippen molar-refractivity contribution in [2.24, 2.45) is 0 Å². The molecule has 0 aliphatic heterocycles. The lowest BCUT2D eigenvalue weighted by atomic mass is 10.2. The molecule has 0 radical (unpaired) electrons. The molecule has 0 atom stereocenters. The van der Waals surface area contributed by atoms with Crippen molar-refractivity contribution in [3.63, 3.8) is 0 Å². The van der Waals surface area contributed by atoms with Crippen LogP contribution in [-0.2, 0) is 4.74 Å². The third-order valence-electron chi connectivity index (χ3n) is 2.17. The Labute approximate surface area is 108 Å². The van der Waals surface area contributed by atoms with Crippen molar-refractivity contribution in [1.29, 1.82) is 0 Å². The van der Waals surface area contributed by atoms with Crippen LogP contribution in [0.5, 0.6) is 0 Å². The molecule has 0 spiro atoms. The molecule has 0 saturated heterocycles. The maximum Gasteiger partial charge on any atom is 0.340 e. The van der Waals surface area contributed by atoms with Crippen molar-refractivity contribution >= 4 is 32.8 Å². The zero-order chi connectivity index (χ0) is 12.6. The lowest BCUT2D eigenvalue weighted by Gasteiger charge is -2.19. The van der Waals surface area contributed by atoms with Crippen LogP contribution in [0.3, 0.4) is 0 Å². The largest absolute Gasteiger partial charge is 0.456 e. The molecule has 0 saturated carbocycles. The number of nitrogens with zero attached hydrogens (tertiary/aromatic N) is 1. The van der Waals surface area contributed by atoms with Gasteiger partial charge in [0.15, 0.2) is 0 Å². The normalized spacial score (nSPS) is 11.8. The minimum absolute atomic E-state index is 0.344. The molecule has 2 rings (SSSR count). The van der Waals surface area contributed by atoms with E-state index in [0.717, 1.165) is 15.4 Å². The summed E-state index contributed by atoms with van der Waals surface area (Å²) >= 11 is 3.37. The van der Waals surface area contributed by atoms with Gasteiger partial charge in [-0.05, 0) is 36.7 Å². The average molecular weight is 297 g/mol. The van der Waals surface area contributed by atoms with Crippen LogP contribution in [0.15, 0.2) is 23.1 Å². The van der Waals surface area contributed by atoms with E-state index >= 15 is 0 Å². The van der Waals surface area contributed by atoms with E-state index in [0.29, 0.717) is 5.56 Å². The second-order valence-electron chi connectivity index (χ2n) is 4.75. The van der Waals surface area contributed by atoms with E-state index in [1.807, 2.05) is 20.8 Å². The van der Waals surface area contributed by atoms with Gasteiger partial charge in [-0.2, -0.15) is 0 Å². The molecule has 0 fully saturated rings. The molecular weight excluding hydrogens is 284 g/mol. The first-order valence-corrected chi connectivity index (χ1v) is 6.02. The zero-order valence-corrected chi connectivity index (χ0v) is 11.5. The molecule has 17 heavy (non-hydrogen) atoms. The number of halogens is 1. The monoisotopic (exact) mass is 296 g/mol. The van der Waals surface area contributed by atoms with Gasteiger partial charge >= 0.3 is 5.97 Å². The second kappa shape index (κ2) is 4.14. The quantitative estimate of drug-likeness (QED) is 0.822. The molecule has 0 amide bonds. The highest BCUT2D eigenvalue weighted by Gasteiger charge is 2.21. The Bertz CT molecular complexity index is 569. The van der Waals surface area contributed by atoms with Gasteiger partial charge in [0, 0.05) is 24.0 Å². The van der Waals surface area contributed by atoms with Crippen LogP contribution < -0.4 is 0 Å². The number of carbonyl (C=O) groups is 1. The van der Waals surface area contributed by atoms with Crippen LogP contribution in [0.4, 0.5) is 0 Å². The predicted molar refractivity (Wildman–Crippen MR) is 69.0 cm³/mol. The summed E-state index contributed by atoms with van der Waals surface area (Å²) in [6.07, 6.45) is 4.97. The Morgan fingerprint density at radius 1 is 1.41 bits per heavy atom. The number of ether oxygens (including phenoxy) is 1. The Hall–Kier alpha value is -1.36. The SMILES string of the molecule is CC(C)(C)OC(=O)c1c[nH]c2c(Br)cncc12. The van der Waals surface area contributed by atoms with Gasteiger partial charge < -0.3 is 9.72 Å². The summed E-state index contributed by atoms with van der Waals surface area (Å²) in [4.78, 5) is 19.0. The summed E-state index contributed by atoms with van der Waals surface area (Å²) in [5, 5.41) is 0.758. The van der Waals surface area contributed by atoms with Gasteiger partial charge in [0.25, 0.3) is 0 Å². The highest BCUT2D eigenvalue weighted by Crippen LogP contribution is 2.25. The third kappa shape index (κ3) is 2.49. The van der Waals surface area contributed by atoms with Crippen molar-refractivity contribution in [2.45, 2.75) is 26.4 Å². The molecular formula is C12H13BrN2O2. The van der Waals surface area contributed by atoms with Crippen LogP contribution in [0.1, 0.15) is 31.1 Å². The number of pyridine rings is 1. The molecule has 2 heterocycles. The van der Waals surface area contributed by atoms with Crippen LogP contribution in [0, 0.1) is 0 Å². The fraction of sp³-hybridized carbons (Fsp3) is 0.333. The maximum atomic E-state index is 12.0. The van der Waals surface area contributed by atoms with E-state index in [2.05, 4.69) is 25.9 Å². The number of aromatic amines is 1. The van der Waals surface area contributed by atoms with E-state index < -0.39 is 5.60 Å². The number of esters is 1. The fourth-order valence-corrected chi connectivity index (χ4v) is 1.96. The first-order valence-electron chi connectivity index (χ1n) is 5.22. The molecule has 5 heteroatoms. The van der Waals surface area contributed by atoms with Crippen molar-refractivity contribution < 1.29 is 9.53 Å². The topological polar surface area (TPSA) is 55.0 Å². The molecule has 2 aromatic rings. The molecule has 0 aromatic carbocycles. The van der Waals surface area contributed by atoms with Crippen molar-refractivity contribution in [3.8, 4) is 0 Å². The summed E-state index contributed by atoms with van der Waals surface area (Å²) in [7, 11) is 0. The van der Waals surface area contributed by atoms with Gasteiger partial charge in [0.05, 0.1) is 15.6 Å². The van der Waals surface area contributed by atoms with Crippen LogP contribution in [0.2, 0.25) is 0 Å². The van der Waals surface area contributed by atoms with Gasteiger partial charge in [0.2, 0.25) is 0 Å². The number of H-pyrrole nitrogens is 1. The maximum absolute atomic E-state index is 12.0. The Morgan fingerprint density at radius 2 is 2.12 bits per heavy atom. The van der Waals surface area contributed by atoms with Gasteiger partial charge in [-0.15, -0.1) is 0 Å². The predicted octanol–water partition coefficient (Wildman–Crippen LogP) is 3.28. The van der Waals surface area contributed by atoms with Crippen molar-refractivity contribution in [2.75, 3.05) is 0 Å². The lowest BCUT2D eigenvalue weighted by Crippen LogP contribution is -2.23. The van der Waals surface area contributed by atoms with Crippen LogP contribution in [-0.4, -0.2) is 21.5 Å². The summed E-state index contributed by atoms with van der Waals surface area (Å²) in [6, 6.07) is 0. The standard InChI is InChI=1S/C12H13BrN2O2/c1-12(2,3)17-11(16)8-5-15-10-7(8)4-14-6-9(10)13/h4-6,15H,1-3H3. The van der Waals surface area contributed by atoms with Crippen LogP contribution in [0.25, 0.3) is 10.9 Å². The van der Waals surface area contributed by atoms with E-state index in [-0.39, 0.29) is 5.97 Å². The summed E-state index contributed by atoms with van der Waals surface area (Å²) < 4.78 is 6.15. The molecule has 4 nitrogen and oxygen atoms in total. The van der Waals surface area contributed by atoms with Gasteiger partial charge in [-0.25, -0.2) is 4.79 Å². The number of aromatic nitrogens is 2. The van der Waals surface area contributed by atoms with Crippen molar-refractivity contribution in [3.05, 3.63) is 28.6 Å². The van der Waals surface area contributed by atoms with Crippen molar-refractivity contribution in [1.82, 2.24) is 9.97 Å². The lowest BCUT2D eigenvalue weighted by molar-refractivity contribution is 0.00719. The van der Waals surface area contributed by atoms with Gasteiger partial charge in [-0.1, -0.05) is 0 Å². The Kier molecular flexibility index (Phi) is 2.95. The third-order valence-corrected chi connectivity index (χ3v) is 2.77. The summed E-state index contributed by atoms with van der Waals surface area (Å²) in [6.45, 7) is 5.52. The summed E-state index contributed by atoms with van der Waals surface area (Å²) in [5.41, 5.74) is 0.852. The first-order chi connectivity index (χ1) is 7.88. The number of fused-ring (bicyclic) bond motifs is 1. The zero-order valence-electron chi connectivity index (χ0n) is 9.87. The van der Waals surface area contributed by atoms with Gasteiger partial charge in [0.1, 0.15) is 5.60 Å². The molecule has 2 aromatic heterocycles. The molecule has 0 unspecified atom stereocenters. The Morgan fingerprint density at radius 3 is 2.76 bits per heavy atom. The molecule has 90 valence electrons. The molecule has 0 aliphatic carbocycles. The first kappa shape index (κ1) is 12.1. The fourth-order valence-electron chi connectivity index (χ4n) is 1.51. The highest BCUT2D eigenvalue weighted by atomic mass is 79.9. The molecule has 0 aliphatic rings. The van der Waals surface area contributed by atoms with E-state index in [1.54, 1.807) is 18.6 Å². The Balaban J connectivity index is 2.43. The number of hydrogen-bond acceptors (Lipinski definition) is 3.